The highest BCUT2D eigenvalue weighted by Crippen LogP contribution is 2.42. The number of hydrogen-bond acceptors (Lipinski definition) is 5. The highest BCUT2D eigenvalue weighted by Gasteiger charge is 2.45. The second-order valence-corrected chi connectivity index (χ2v) is 7.78. The SMILES string of the molecule is CCCN1C(=O)C(=O)/C(=C(\O)c2ccc(Cl)c(Cl)c2)C1c1ccc(OC)c(OCC)c1. The van der Waals surface area contributed by atoms with Crippen molar-refractivity contribution >= 4 is 40.7 Å². The van der Waals surface area contributed by atoms with Crippen LogP contribution in [0.1, 0.15) is 37.4 Å². The number of nitrogens with zero attached hydrogens (tertiary/aromatic N) is 1. The number of ether oxygens (including phenoxy) is 2. The third kappa shape index (κ3) is 4.36. The van der Waals surface area contributed by atoms with Crippen LogP contribution in [0.3, 0.4) is 0 Å². The Balaban J connectivity index is 2.21. The molecule has 2 aromatic carbocycles. The Kier molecular flexibility index (Phi) is 7.13. The highest BCUT2D eigenvalue weighted by atomic mass is 35.5. The molecule has 2 aromatic rings. The first-order valence-corrected chi connectivity index (χ1v) is 10.6. The summed E-state index contributed by atoms with van der Waals surface area (Å²) in [4.78, 5) is 27.2. The van der Waals surface area contributed by atoms with Gasteiger partial charge in [0, 0.05) is 12.1 Å². The lowest BCUT2D eigenvalue weighted by molar-refractivity contribution is -0.139. The van der Waals surface area contributed by atoms with Crippen molar-refractivity contribution in [3.05, 3.63) is 63.1 Å². The van der Waals surface area contributed by atoms with E-state index in [4.69, 9.17) is 32.7 Å². The van der Waals surface area contributed by atoms with Gasteiger partial charge in [-0.15, -0.1) is 0 Å². The van der Waals surface area contributed by atoms with E-state index in [0.29, 0.717) is 47.2 Å². The number of aliphatic hydroxyl groups excluding tert-OH is 1. The first kappa shape index (κ1) is 23.0. The number of carbonyl (C=O) groups excluding carboxylic acids is 2. The summed E-state index contributed by atoms with van der Waals surface area (Å²) in [6.07, 6.45) is 0.644. The van der Waals surface area contributed by atoms with Crippen LogP contribution in [0, 0.1) is 0 Å². The molecule has 0 aliphatic carbocycles. The van der Waals surface area contributed by atoms with Gasteiger partial charge in [0.05, 0.1) is 35.4 Å². The molecule has 0 bridgehead atoms. The van der Waals surface area contributed by atoms with Crippen LogP contribution in [0.5, 0.6) is 11.5 Å². The van der Waals surface area contributed by atoms with Crippen molar-refractivity contribution in [2.45, 2.75) is 26.3 Å². The quantitative estimate of drug-likeness (QED) is 0.345. The zero-order valence-electron chi connectivity index (χ0n) is 17.4. The number of carbonyl (C=O) groups is 2. The predicted molar refractivity (Wildman–Crippen MR) is 120 cm³/mol. The minimum Gasteiger partial charge on any atom is -0.507 e. The van der Waals surface area contributed by atoms with Gasteiger partial charge >= 0.3 is 0 Å². The van der Waals surface area contributed by atoms with Gasteiger partial charge in [0.15, 0.2) is 11.5 Å². The summed E-state index contributed by atoms with van der Waals surface area (Å²) in [5.41, 5.74) is 0.912. The van der Waals surface area contributed by atoms with Crippen LogP contribution in [0.2, 0.25) is 10.0 Å². The molecule has 1 atom stereocenters. The van der Waals surface area contributed by atoms with Crippen LogP contribution >= 0.6 is 23.2 Å². The van der Waals surface area contributed by atoms with E-state index in [-0.39, 0.29) is 16.4 Å². The summed E-state index contributed by atoms with van der Waals surface area (Å²) in [5.74, 6) is -0.714. The van der Waals surface area contributed by atoms with E-state index in [2.05, 4.69) is 0 Å². The molecule has 1 N–H and O–H groups in total. The maximum Gasteiger partial charge on any atom is 0.295 e. The van der Waals surface area contributed by atoms with Gasteiger partial charge in [-0.2, -0.15) is 0 Å². The minimum absolute atomic E-state index is 0.00976. The number of methoxy groups -OCH3 is 1. The zero-order valence-corrected chi connectivity index (χ0v) is 19.0. The molecule has 164 valence electrons. The molecule has 1 aliphatic rings. The van der Waals surface area contributed by atoms with Gasteiger partial charge in [-0.05, 0) is 49.2 Å². The summed E-state index contributed by atoms with van der Waals surface area (Å²) < 4.78 is 11.0. The fraction of sp³-hybridized carbons (Fsp3) is 0.304. The number of benzene rings is 2. The molecule has 1 heterocycles. The molecule has 1 fully saturated rings. The fourth-order valence-corrected chi connectivity index (χ4v) is 3.93. The van der Waals surface area contributed by atoms with Crippen LogP contribution in [0.25, 0.3) is 5.76 Å². The number of likely N-dealkylation sites (tertiary alicyclic amines) is 1. The summed E-state index contributed by atoms with van der Waals surface area (Å²) in [7, 11) is 1.53. The molecule has 6 nitrogen and oxygen atoms in total. The van der Waals surface area contributed by atoms with Crippen LogP contribution in [0.4, 0.5) is 0 Å². The first-order valence-electron chi connectivity index (χ1n) is 9.88. The van der Waals surface area contributed by atoms with Crippen molar-refractivity contribution in [2.24, 2.45) is 0 Å². The van der Waals surface area contributed by atoms with Crippen LogP contribution in [0.15, 0.2) is 42.0 Å². The highest BCUT2D eigenvalue weighted by molar-refractivity contribution is 6.46. The largest absolute Gasteiger partial charge is 0.507 e. The Morgan fingerprint density at radius 1 is 1.06 bits per heavy atom. The van der Waals surface area contributed by atoms with E-state index in [9.17, 15) is 14.7 Å². The summed E-state index contributed by atoms with van der Waals surface area (Å²) in [6.45, 7) is 4.52. The monoisotopic (exact) mass is 463 g/mol. The van der Waals surface area contributed by atoms with Crippen molar-refractivity contribution in [1.29, 1.82) is 0 Å². The molecule has 1 aliphatic heterocycles. The lowest BCUT2D eigenvalue weighted by Crippen LogP contribution is -2.30. The van der Waals surface area contributed by atoms with Gasteiger partial charge in [-0.25, -0.2) is 0 Å². The Morgan fingerprint density at radius 3 is 2.42 bits per heavy atom. The molecule has 3 rings (SSSR count). The lowest BCUT2D eigenvalue weighted by atomic mass is 9.95. The molecule has 0 saturated carbocycles. The minimum atomic E-state index is -0.778. The number of amides is 1. The van der Waals surface area contributed by atoms with Crippen molar-refractivity contribution in [3.63, 3.8) is 0 Å². The van der Waals surface area contributed by atoms with E-state index in [0.717, 1.165) is 0 Å². The molecule has 0 spiro atoms. The van der Waals surface area contributed by atoms with Crippen LogP contribution in [-0.2, 0) is 9.59 Å². The number of rotatable bonds is 7. The smallest absolute Gasteiger partial charge is 0.295 e. The third-order valence-corrected chi connectivity index (χ3v) is 5.74. The molecule has 1 amide bonds. The van der Waals surface area contributed by atoms with E-state index < -0.39 is 17.7 Å². The number of aliphatic hydroxyl groups is 1. The van der Waals surface area contributed by atoms with Gasteiger partial charge in [0.25, 0.3) is 11.7 Å². The van der Waals surface area contributed by atoms with E-state index in [1.165, 1.54) is 24.1 Å². The molecule has 0 aromatic heterocycles. The van der Waals surface area contributed by atoms with Crippen LogP contribution in [-0.4, -0.2) is 42.0 Å². The Morgan fingerprint density at radius 2 is 1.81 bits per heavy atom. The molecule has 1 saturated heterocycles. The topological polar surface area (TPSA) is 76.1 Å². The van der Waals surface area contributed by atoms with E-state index >= 15 is 0 Å². The number of halogens is 2. The van der Waals surface area contributed by atoms with E-state index in [1.807, 2.05) is 13.8 Å². The Labute approximate surface area is 191 Å². The van der Waals surface area contributed by atoms with Gasteiger partial charge < -0.3 is 19.5 Å². The van der Waals surface area contributed by atoms with Gasteiger partial charge in [0.2, 0.25) is 0 Å². The van der Waals surface area contributed by atoms with E-state index in [1.54, 1.807) is 24.3 Å². The van der Waals surface area contributed by atoms with Crippen molar-refractivity contribution in [1.82, 2.24) is 4.90 Å². The lowest BCUT2D eigenvalue weighted by Gasteiger charge is -2.25. The molecular formula is C23H23Cl2NO5. The molecular weight excluding hydrogens is 441 g/mol. The summed E-state index contributed by atoms with van der Waals surface area (Å²) in [5, 5.41) is 11.6. The zero-order chi connectivity index (χ0) is 22.7. The molecule has 1 unspecified atom stereocenters. The Bertz CT molecular complexity index is 1050. The number of ketones is 1. The summed E-state index contributed by atoms with van der Waals surface area (Å²) >= 11 is 12.1. The standard InChI is InChI=1S/C23H23Cl2NO5/c1-4-10-26-20(13-7-9-17(30-3)18(12-13)31-5-2)19(22(28)23(26)29)21(27)14-6-8-15(24)16(25)11-14/h6-9,11-12,20,27H,4-5,10H2,1-3H3/b21-19-. The van der Waals surface area contributed by atoms with Gasteiger partial charge in [-0.1, -0.05) is 36.2 Å². The van der Waals surface area contributed by atoms with Crippen molar-refractivity contribution in [2.75, 3.05) is 20.3 Å². The Hall–Kier alpha value is -2.70. The molecule has 8 heteroatoms. The average molecular weight is 464 g/mol. The van der Waals surface area contributed by atoms with Crippen molar-refractivity contribution < 1.29 is 24.2 Å². The average Bonchev–Trinajstić information content (AvgIpc) is 3.00. The second-order valence-electron chi connectivity index (χ2n) is 6.96. The summed E-state index contributed by atoms with van der Waals surface area (Å²) in [6, 6.07) is 8.95. The maximum atomic E-state index is 13.0. The van der Waals surface area contributed by atoms with Gasteiger partial charge in [0.1, 0.15) is 5.76 Å². The molecule has 0 radical (unpaired) electrons. The van der Waals surface area contributed by atoms with Crippen LogP contribution < -0.4 is 9.47 Å². The third-order valence-electron chi connectivity index (χ3n) is 5.00. The fourth-order valence-electron chi connectivity index (χ4n) is 3.63. The number of hydrogen-bond donors (Lipinski definition) is 1. The van der Waals surface area contributed by atoms with Crippen molar-refractivity contribution in [3.8, 4) is 11.5 Å². The molecule has 31 heavy (non-hydrogen) atoms. The maximum absolute atomic E-state index is 13.0. The number of Topliss-reactive ketones (excluding diaryl/α,β-unsaturated/α-hetero) is 1. The predicted octanol–water partition coefficient (Wildman–Crippen LogP) is 5.23. The first-order chi connectivity index (χ1) is 14.8. The second kappa shape index (κ2) is 9.62. The normalized spacial score (nSPS) is 17.8. The van der Waals surface area contributed by atoms with Gasteiger partial charge in [-0.3, -0.25) is 9.59 Å².